The van der Waals surface area contributed by atoms with Gasteiger partial charge in [0, 0.05) is 5.39 Å². The van der Waals surface area contributed by atoms with Crippen molar-refractivity contribution in [1.82, 2.24) is 14.5 Å². The minimum Gasteiger partial charge on any atom is -0.268 e. The molecule has 0 aliphatic heterocycles. The van der Waals surface area contributed by atoms with Crippen LogP contribution in [0.25, 0.3) is 33.1 Å². The number of hydrogen-bond acceptors (Lipinski definition) is 3. The second-order valence-electron chi connectivity index (χ2n) is 6.28. The average molecular weight is 394 g/mol. The molecule has 136 valence electrons. The number of hydrogen-bond donors (Lipinski definition) is 0. The summed E-state index contributed by atoms with van der Waals surface area (Å²) in [6, 6.07) is 15.1. The first-order valence-electron chi connectivity index (χ1n) is 8.40. The molecule has 0 fully saturated rings. The van der Waals surface area contributed by atoms with Crippen LogP contribution in [0.4, 0.5) is 8.78 Å². The summed E-state index contributed by atoms with van der Waals surface area (Å²) in [5.41, 5.74) is 1.83. The summed E-state index contributed by atoms with van der Waals surface area (Å²) in [4.78, 5) is 22.4. The lowest BCUT2D eigenvalue weighted by atomic mass is 10.2. The van der Waals surface area contributed by atoms with Gasteiger partial charge < -0.3 is 0 Å². The molecule has 0 atom stereocenters. The van der Waals surface area contributed by atoms with Gasteiger partial charge in [0.1, 0.15) is 17.2 Å². The van der Waals surface area contributed by atoms with Gasteiger partial charge in [-0.2, -0.15) is 0 Å². The highest BCUT2D eigenvalue weighted by Crippen LogP contribution is 2.31. The van der Waals surface area contributed by atoms with Gasteiger partial charge in [-0.25, -0.2) is 18.7 Å². The zero-order chi connectivity index (χ0) is 19.4. The first-order valence-corrected chi connectivity index (χ1v) is 8.77. The summed E-state index contributed by atoms with van der Waals surface area (Å²) < 4.78 is 29.5. The van der Waals surface area contributed by atoms with Crippen molar-refractivity contribution < 1.29 is 13.6 Å². The van der Waals surface area contributed by atoms with Gasteiger partial charge >= 0.3 is 0 Å². The molecule has 0 radical (unpaired) electrons. The summed E-state index contributed by atoms with van der Waals surface area (Å²) in [6.07, 6.45) is 0. The molecular weight excluding hydrogens is 384 g/mol. The molecule has 0 saturated carbocycles. The van der Waals surface area contributed by atoms with E-state index in [9.17, 15) is 13.6 Å². The number of carbonyl (C=O) groups is 1. The molecule has 0 aliphatic rings. The lowest BCUT2D eigenvalue weighted by molar-refractivity contribution is 0.0965. The maximum absolute atomic E-state index is 14.4. The molecule has 5 rings (SSSR count). The Balaban J connectivity index is 1.94. The van der Waals surface area contributed by atoms with Crippen LogP contribution in [-0.2, 0) is 0 Å². The number of nitrogens with zero attached hydrogens (tertiary/aromatic N) is 3. The van der Waals surface area contributed by atoms with E-state index in [1.807, 2.05) is 6.07 Å². The fraction of sp³-hybridized carbons (Fsp3) is 0. The number of carbonyl (C=O) groups excluding carboxylic acids is 1. The van der Waals surface area contributed by atoms with E-state index in [2.05, 4.69) is 9.97 Å². The Bertz CT molecular complexity index is 1410. The molecule has 0 unspecified atom stereocenters. The lowest BCUT2D eigenvalue weighted by Gasteiger charge is -2.08. The standard InChI is InChI=1S/C21H10ClF2N3O/c22-13-4-3-5-14(24)18(13)21(28)27-17-9-8-11(23)10-12(17)19-20(27)26-16-7-2-1-6-15(16)25-19/h1-10H. The number of para-hydroxylation sites is 2. The Kier molecular flexibility index (Phi) is 3.64. The van der Waals surface area contributed by atoms with Crippen LogP contribution in [-0.4, -0.2) is 20.4 Å². The zero-order valence-electron chi connectivity index (χ0n) is 14.2. The van der Waals surface area contributed by atoms with Gasteiger partial charge in [-0.15, -0.1) is 0 Å². The monoisotopic (exact) mass is 393 g/mol. The van der Waals surface area contributed by atoms with E-state index in [1.165, 1.54) is 34.9 Å². The van der Waals surface area contributed by atoms with Gasteiger partial charge in [0.05, 0.1) is 27.1 Å². The quantitative estimate of drug-likeness (QED) is 0.385. The molecule has 4 nitrogen and oxygen atoms in total. The molecule has 2 aromatic heterocycles. The summed E-state index contributed by atoms with van der Waals surface area (Å²) in [5.74, 6) is -1.92. The first-order chi connectivity index (χ1) is 13.5. The lowest BCUT2D eigenvalue weighted by Crippen LogP contribution is -2.15. The van der Waals surface area contributed by atoms with E-state index in [0.717, 1.165) is 6.07 Å². The summed E-state index contributed by atoms with van der Waals surface area (Å²) >= 11 is 6.09. The highest BCUT2D eigenvalue weighted by Gasteiger charge is 2.24. The van der Waals surface area contributed by atoms with E-state index >= 15 is 0 Å². The number of halogens is 3. The van der Waals surface area contributed by atoms with Crippen molar-refractivity contribution in [1.29, 1.82) is 0 Å². The maximum Gasteiger partial charge on any atom is 0.268 e. The van der Waals surface area contributed by atoms with Crippen LogP contribution in [0, 0.1) is 11.6 Å². The molecule has 0 N–H and O–H groups in total. The molecule has 0 bridgehead atoms. The number of benzene rings is 3. The second-order valence-corrected chi connectivity index (χ2v) is 6.69. The summed E-state index contributed by atoms with van der Waals surface area (Å²) in [6.45, 7) is 0. The normalized spacial score (nSPS) is 11.5. The smallest absolute Gasteiger partial charge is 0.268 e. The van der Waals surface area contributed by atoms with Crippen molar-refractivity contribution in [2.75, 3.05) is 0 Å². The molecule has 0 amide bonds. The van der Waals surface area contributed by atoms with Crippen molar-refractivity contribution in [2.24, 2.45) is 0 Å². The fourth-order valence-corrected chi connectivity index (χ4v) is 3.60. The van der Waals surface area contributed by atoms with Gasteiger partial charge in [-0.1, -0.05) is 29.8 Å². The van der Waals surface area contributed by atoms with Crippen LogP contribution in [0.5, 0.6) is 0 Å². The first kappa shape index (κ1) is 16.8. The van der Waals surface area contributed by atoms with Crippen molar-refractivity contribution in [3.8, 4) is 0 Å². The minimum absolute atomic E-state index is 0.0177. The third-order valence-corrected chi connectivity index (χ3v) is 4.91. The molecule has 0 spiro atoms. The van der Waals surface area contributed by atoms with Crippen molar-refractivity contribution in [3.63, 3.8) is 0 Å². The van der Waals surface area contributed by atoms with Crippen LogP contribution in [0.3, 0.4) is 0 Å². The Hall–Kier alpha value is -3.38. The van der Waals surface area contributed by atoms with Gasteiger partial charge in [0.15, 0.2) is 5.65 Å². The van der Waals surface area contributed by atoms with Crippen LogP contribution < -0.4 is 0 Å². The molecule has 3 aromatic carbocycles. The van der Waals surface area contributed by atoms with Crippen LogP contribution in [0.2, 0.25) is 5.02 Å². The van der Waals surface area contributed by atoms with Crippen molar-refractivity contribution in [3.05, 3.63) is 82.9 Å². The Labute approximate surface area is 162 Å². The van der Waals surface area contributed by atoms with Crippen LogP contribution >= 0.6 is 11.6 Å². The highest BCUT2D eigenvalue weighted by molar-refractivity contribution is 6.34. The SMILES string of the molecule is O=C(c1c(F)cccc1Cl)n1c2ccc(F)cc2c2nc3ccccc3nc21. The Morgan fingerprint density at radius 2 is 1.68 bits per heavy atom. The highest BCUT2D eigenvalue weighted by atomic mass is 35.5. The topological polar surface area (TPSA) is 47.8 Å². The van der Waals surface area contributed by atoms with Gasteiger partial charge in [-0.3, -0.25) is 9.36 Å². The molecular formula is C21H10ClF2N3O. The Morgan fingerprint density at radius 3 is 2.43 bits per heavy atom. The molecule has 0 aliphatic carbocycles. The zero-order valence-corrected chi connectivity index (χ0v) is 14.9. The summed E-state index contributed by atoms with van der Waals surface area (Å²) in [7, 11) is 0. The number of aromatic nitrogens is 3. The molecule has 7 heteroatoms. The van der Waals surface area contributed by atoms with Crippen molar-refractivity contribution >= 4 is 50.6 Å². The van der Waals surface area contributed by atoms with Gasteiger partial charge in [-0.05, 0) is 42.5 Å². The Morgan fingerprint density at radius 1 is 0.929 bits per heavy atom. The van der Waals surface area contributed by atoms with E-state index in [4.69, 9.17) is 11.6 Å². The van der Waals surface area contributed by atoms with E-state index < -0.39 is 17.5 Å². The molecule has 5 aromatic rings. The molecule has 0 saturated heterocycles. The van der Waals surface area contributed by atoms with Crippen molar-refractivity contribution in [2.45, 2.75) is 0 Å². The predicted molar refractivity (Wildman–Crippen MR) is 104 cm³/mol. The minimum atomic E-state index is -0.747. The van der Waals surface area contributed by atoms with Crippen LogP contribution in [0.1, 0.15) is 10.4 Å². The average Bonchev–Trinajstić information content (AvgIpc) is 2.98. The third kappa shape index (κ3) is 2.38. The maximum atomic E-state index is 14.4. The van der Waals surface area contributed by atoms with Crippen LogP contribution in [0.15, 0.2) is 60.7 Å². The fourth-order valence-electron chi connectivity index (χ4n) is 3.35. The van der Waals surface area contributed by atoms with Gasteiger partial charge in [0.2, 0.25) is 0 Å². The predicted octanol–water partition coefficient (Wildman–Crippen LogP) is 5.36. The second kappa shape index (κ2) is 6.07. The van der Waals surface area contributed by atoms with E-state index in [0.29, 0.717) is 27.5 Å². The molecule has 2 heterocycles. The van der Waals surface area contributed by atoms with Gasteiger partial charge in [0.25, 0.3) is 5.91 Å². The molecule has 28 heavy (non-hydrogen) atoms. The largest absolute Gasteiger partial charge is 0.268 e. The number of rotatable bonds is 1. The third-order valence-electron chi connectivity index (χ3n) is 4.60. The van der Waals surface area contributed by atoms with E-state index in [-0.39, 0.29) is 16.2 Å². The van der Waals surface area contributed by atoms with E-state index in [1.54, 1.807) is 18.2 Å². The number of fused-ring (bicyclic) bond motifs is 4. The summed E-state index contributed by atoms with van der Waals surface area (Å²) in [5, 5.41) is 0.393.